The highest BCUT2D eigenvalue weighted by molar-refractivity contribution is 7.87. The van der Waals surface area contributed by atoms with Gasteiger partial charge in [-0.15, -0.1) is 0 Å². The van der Waals surface area contributed by atoms with Gasteiger partial charge in [-0.1, -0.05) is 29.3 Å². The van der Waals surface area contributed by atoms with E-state index in [2.05, 4.69) is 4.72 Å². The van der Waals surface area contributed by atoms with Crippen LogP contribution in [0, 0.1) is 0 Å². The number of nitrogens with zero attached hydrogens (tertiary/aromatic N) is 1. The van der Waals surface area contributed by atoms with Gasteiger partial charge in [0, 0.05) is 29.7 Å². The summed E-state index contributed by atoms with van der Waals surface area (Å²) >= 11 is 11.9. The second-order valence-electron chi connectivity index (χ2n) is 5.46. The first-order chi connectivity index (χ1) is 10.3. The molecular formula is C14H20Cl2N2O3S. The smallest absolute Gasteiger partial charge is 0.279 e. The molecule has 1 aliphatic heterocycles. The number of hydrogen-bond acceptors (Lipinski definition) is 3. The summed E-state index contributed by atoms with van der Waals surface area (Å²) in [5.74, 6) is 0. The Labute approximate surface area is 141 Å². The van der Waals surface area contributed by atoms with E-state index in [9.17, 15) is 8.42 Å². The SMILES string of the molecule is C[C@@H]1CN(S(=O)(=O)NCCc2ccc(Cl)cc2Cl)C[C@@H](C)O1. The molecule has 0 spiro atoms. The van der Waals surface area contributed by atoms with Crippen molar-refractivity contribution in [3.05, 3.63) is 33.8 Å². The molecule has 2 atom stereocenters. The van der Waals surface area contributed by atoms with Crippen LogP contribution in [0.3, 0.4) is 0 Å². The zero-order valence-electron chi connectivity index (χ0n) is 12.6. The lowest BCUT2D eigenvalue weighted by atomic mass is 10.1. The van der Waals surface area contributed by atoms with Crippen LogP contribution in [-0.4, -0.2) is 44.6 Å². The van der Waals surface area contributed by atoms with Crippen LogP contribution in [0.4, 0.5) is 0 Å². The van der Waals surface area contributed by atoms with Gasteiger partial charge in [-0.3, -0.25) is 0 Å². The van der Waals surface area contributed by atoms with Gasteiger partial charge in [0.1, 0.15) is 0 Å². The topological polar surface area (TPSA) is 58.6 Å². The van der Waals surface area contributed by atoms with Gasteiger partial charge in [-0.2, -0.15) is 12.7 Å². The summed E-state index contributed by atoms with van der Waals surface area (Å²) in [7, 11) is -3.51. The van der Waals surface area contributed by atoms with E-state index in [0.29, 0.717) is 29.6 Å². The first-order valence-electron chi connectivity index (χ1n) is 7.12. The fraction of sp³-hybridized carbons (Fsp3) is 0.571. The number of benzene rings is 1. The monoisotopic (exact) mass is 366 g/mol. The van der Waals surface area contributed by atoms with Crippen LogP contribution < -0.4 is 4.72 Å². The zero-order chi connectivity index (χ0) is 16.3. The Morgan fingerprint density at radius 1 is 1.27 bits per heavy atom. The van der Waals surface area contributed by atoms with Crippen molar-refractivity contribution < 1.29 is 13.2 Å². The lowest BCUT2D eigenvalue weighted by molar-refractivity contribution is -0.0443. The number of ether oxygens (including phenoxy) is 1. The molecule has 1 fully saturated rings. The maximum absolute atomic E-state index is 12.3. The quantitative estimate of drug-likeness (QED) is 0.870. The fourth-order valence-electron chi connectivity index (χ4n) is 2.46. The Hall–Kier alpha value is -0.370. The number of rotatable bonds is 5. The zero-order valence-corrected chi connectivity index (χ0v) is 14.9. The first kappa shape index (κ1) is 18.0. The molecule has 22 heavy (non-hydrogen) atoms. The van der Waals surface area contributed by atoms with Crippen molar-refractivity contribution in [3.8, 4) is 0 Å². The maximum Gasteiger partial charge on any atom is 0.279 e. The first-order valence-corrected chi connectivity index (χ1v) is 9.31. The van der Waals surface area contributed by atoms with Crippen LogP contribution in [0.1, 0.15) is 19.4 Å². The number of nitrogens with one attached hydrogen (secondary N) is 1. The van der Waals surface area contributed by atoms with Gasteiger partial charge in [-0.25, -0.2) is 4.72 Å². The highest BCUT2D eigenvalue weighted by Crippen LogP contribution is 2.21. The Balaban J connectivity index is 1.92. The Bertz CT molecular complexity index is 615. The van der Waals surface area contributed by atoms with E-state index in [1.165, 1.54) is 4.31 Å². The van der Waals surface area contributed by atoms with Gasteiger partial charge in [0.15, 0.2) is 0 Å². The van der Waals surface area contributed by atoms with Gasteiger partial charge in [0.2, 0.25) is 0 Å². The molecule has 5 nitrogen and oxygen atoms in total. The summed E-state index contributed by atoms with van der Waals surface area (Å²) in [6.07, 6.45) is 0.294. The van der Waals surface area contributed by atoms with Crippen molar-refractivity contribution in [3.63, 3.8) is 0 Å². The van der Waals surface area contributed by atoms with Gasteiger partial charge in [0.05, 0.1) is 12.2 Å². The molecule has 0 aromatic heterocycles. The van der Waals surface area contributed by atoms with Gasteiger partial charge in [0.25, 0.3) is 10.2 Å². The average molecular weight is 367 g/mol. The summed E-state index contributed by atoms with van der Waals surface area (Å²) in [5, 5.41) is 1.10. The van der Waals surface area contributed by atoms with Crippen molar-refractivity contribution in [1.29, 1.82) is 0 Å². The second-order valence-corrected chi connectivity index (χ2v) is 8.06. The van der Waals surface area contributed by atoms with Crippen molar-refractivity contribution in [2.24, 2.45) is 0 Å². The van der Waals surface area contributed by atoms with Gasteiger partial charge < -0.3 is 4.74 Å². The van der Waals surface area contributed by atoms with E-state index < -0.39 is 10.2 Å². The normalized spacial score (nSPS) is 23.6. The van der Waals surface area contributed by atoms with Crippen molar-refractivity contribution in [1.82, 2.24) is 9.03 Å². The minimum Gasteiger partial charge on any atom is -0.373 e. The molecule has 1 aromatic carbocycles. The molecule has 1 saturated heterocycles. The van der Waals surface area contributed by atoms with E-state index >= 15 is 0 Å². The summed E-state index contributed by atoms with van der Waals surface area (Å²) < 4.78 is 34.2. The lowest BCUT2D eigenvalue weighted by Gasteiger charge is -2.34. The lowest BCUT2D eigenvalue weighted by Crippen LogP contribution is -2.52. The summed E-state index contributed by atoms with van der Waals surface area (Å²) in [6, 6.07) is 5.19. The Morgan fingerprint density at radius 3 is 2.50 bits per heavy atom. The molecule has 1 aliphatic rings. The average Bonchev–Trinajstić information content (AvgIpc) is 2.40. The van der Waals surface area contributed by atoms with Gasteiger partial charge in [-0.05, 0) is 38.0 Å². The van der Waals surface area contributed by atoms with Crippen LogP contribution >= 0.6 is 23.2 Å². The highest BCUT2D eigenvalue weighted by atomic mass is 35.5. The number of halogens is 2. The van der Waals surface area contributed by atoms with E-state index in [1.807, 2.05) is 13.8 Å². The summed E-state index contributed by atoms with van der Waals surface area (Å²) in [5.41, 5.74) is 0.859. The largest absolute Gasteiger partial charge is 0.373 e. The van der Waals surface area contributed by atoms with Crippen LogP contribution in [-0.2, 0) is 21.4 Å². The van der Waals surface area contributed by atoms with E-state index in [1.54, 1.807) is 18.2 Å². The maximum atomic E-state index is 12.3. The van der Waals surface area contributed by atoms with Crippen LogP contribution in [0.15, 0.2) is 18.2 Å². The third-order valence-electron chi connectivity index (χ3n) is 3.42. The molecular weight excluding hydrogens is 347 g/mol. The highest BCUT2D eigenvalue weighted by Gasteiger charge is 2.30. The molecule has 1 aromatic rings. The minimum absolute atomic E-state index is 0.106. The minimum atomic E-state index is -3.51. The van der Waals surface area contributed by atoms with E-state index in [0.717, 1.165) is 5.56 Å². The van der Waals surface area contributed by atoms with Crippen LogP contribution in [0.25, 0.3) is 0 Å². The van der Waals surface area contributed by atoms with Gasteiger partial charge >= 0.3 is 0 Å². The predicted octanol–water partition coefficient (Wildman–Crippen LogP) is 2.48. The molecule has 0 aliphatic carbocycles. The second kappa shape index (κ2) is 7.47. The van der Waals surface area contributed by atoms with Crippen molar-refractivity contribution >= 4 is 33.4 Å². The molecule has 0 unspecified atom stereocenters. The summed E-state index contributed by atoms with van der Waals surface area (Å²) in [4.78, 5) is 0. The van der Waals surface area contributed by atoms with Crippen LogP contribution in [0.5, 0.6) is 0 Å². The van der Waals surface area contributed by atoms with Crippen molar-refractivity contribution in [2.75, 3.05) is 19.6 Å². The number of morpholine rings is 1. The Kier molecular flexibility index (Phi) is 6.10. The molecule has 0 bridgehead atoms. The fourth-order valence-corrected chi connectivity index (χ4v) is 4.32. The van der Waals surface area contributed by atoms with E-state index in [4.69, 9.17) is 27.9 Å². The third kappa shape index (κ3) is 4.81. The molecule has 1 N–H and O–H groups in total. The molecule has 0 saturated carbocycles. The molecule has 8 heteroatoms. The summed E-state index contributed by atoms with van der Waals surface area (Å²) in [6.45, 7) is 4.74. The van der Waals surface area contributed by atoms with E-state index in [-0.39, 0.29) is 18.8 Å². The predicted molar refractivity (Wildman–Crippen MR) is 88.7 cm³/mol. The number of hydrogen-bond donors (Lipinski definition) is 1. The van der Waals surface area contributed by atoms with Crippen molar-refractivity contribution in [2.45, 2.75) is 32.5 Å². The molecule has 1 heterocycles. The Morgan fingerprint density at radius 2 is 1.91 bits per heavy atom. The molecule has 0 radical (unpaired) electrons. The standard InChI is InChI=1S/C14H20Cl2N2O3S/c1-10-8-18(9-11(2)21-10)22(19,20)17-6-5-12-3-4-13(15)7-14(12)16/h3-4,7,10-11,17H,5-6,8-9H2,1-2H3/t10-,11-/m1/s1. The molecule has 124 valence electrons. The van der Waals surface area contributed by atoms with Crippen LogP contribution in [0.2, 0.25) is 10.0 Å². The molecule has 2 rings (SSSR count). The molecule has 0 amide bonds. The third-order valence-corrected chi connectivity index (χ3v) is 5.55.